The Kier molecular flexibility index (Phi) is 2.50. The molecule has 1 fully saturated rings. The highest BCUT2D eigenvalue weighted by atomic mass is 16.1. The average molecular weight is 207 g/mol. The van der Waals surface area contributed by atoms with Crippen LogP contribution in [0.2, 0.25) is 0 Å². The third-order valence-electron chi connectivity index (χ3n) is 2.80. The first-order valence-electron chi connectivity index (χ1n) is 5.48. The second kappa shape index (κ2) is 3.68. The molecule has 1 N–H and O–H groups in total. The lowest BCUT2D eigenvalue weighted by Gasteiger charge is -2.12. The summed E-state index contributed by atoms with van der Waals surface area (Å²) in [6.07, 6.45) is 6.63. The molecule has 0 saturated heterocycles. The zero-order valence-corrected chi connectivity index (χ0v) is 9.29. The zero-order valence-electron chi connectivity index (χ0n) is 9.29. The van der Waals surface area contributed by atoms with Gasteiger partial charge in [0.1, 0.15) is 0 Å². The van der Waals surface area contributed by atoms with E-state index in [9.17, 15) is 4.79 Å². The van der Waals surface area contributed by atoms with Crippen molar-refractivity contribution in [2.45, 2.75) is 45.2 Å². The van der Waals surface area contributed by atoms with Gasteiger partial charge in [0.25, 0.3) is 5.56 Å². The minimum absolute atomic E-state index is 0.00697. The molecule has 0 aliphatic heterocycles. The maximum absolute atomic E-state index is 11.9. The number of aromatic nitrogens is 2. The first-order chi connectivity index (χ1) is 7.14. The summed E-state index contributed by atoms with van der Waals surface area (Å²) in [5.74, 6) is 0.492. The van der Waals surface area contributed by atoms with Gasteiger partial charge in [-0.05, 0) is 26.2 Å². The summed E-state index contributed by atoms with van der Waals surface area (Å²) < 4.78 is 1.71. The lowest BCUT2D eigenvalue weighted by atomic mass is 10.3. The van der Waals surface area contributed by atoms with Crippen LogP contribution in [0.4, 0.5) is 5.82 Å². The van der Waals surface area contributed by atoms with E-state index < -0.39 is 0 Å². The Morgan fingerprint density at radius 2 is 2.33 bits per heavy atom. The van der Waals surface area contributed by atoms with Crippen molar-refractivity contribution in [2.24, 2.45) is 0 Å². The molecule has 1 saturated carbocycles. The van der Waals surface area contributed by atoms with Gasteiger partial charge in [0.15, 0.2) is 5.82 Å². The lowest BCUT2D eigenvalue weighted by molar-refractivity contribution is 0.646. The van der Waals surface area contributed by atoms with E-state index in [0.29, 0.717) is 5.82 Å². The van der Waals surface area contributed by atoms with Crippen LogP contribution in [-0.4, -0.2) is 15.1 Å². The fourth-order valence-corrected chi connectivity index (χ4v) is 1.55. The molecule has 0 amide bonds. The smallest absolute Gasteiger partial charge is 0.293 e. The number of nitrogens with one attached hydrogen (secondary N) is 1. The molecular formula is C11H17N3O. The molecular weight excluding hydrogens is 190 g/mol. The summed E-state index contributed by atoms with van der Waals surface area (Å²) in [6, 6.07) is 0. The van der Waals surface area contributed by atoms with E-state index in [4.69, 9.17) is 0 Å². The Balaban J connectivity index is 2.23. The SMILES string of the molecule is CCCn1ccnc(NC2(C)CC2)c1=O. The first kappa shape index (κ1) is 10.2. The van der Waals surface area contributed by atoms with Crippen LogP contribution in [0.15, 0.2) is 17.2 Å². The number of hydrogen-bond acceptors (Lipinski definition) is 3. The monoisotopic (exact) mass is 207 g/mol. The Labute approximate surface area is 89.3 Å². The third kappa shape index (κ3) is 2.19. The Morgan fingerprint density at radius 3 is 2.93 bits per heavy atom. The minimum atomic E-state index is -0.00697. The Hall–Kier alpha value is -1.32. The molecule has 82 valence electrons. The molecule has 0 aromatic carbocycles. The quantitative estimate of drug-likeness (QED) is 0.816. The van der Waals surface area contributed by atoms with Crippen molar-refractivity contribution in [3.63, 3.8) is 0 Å². The van der Waals surface area contributed by atoms with Gasteiger partial charge in [0.05, 0.1) is 0 Å². The predicted molar refractivity (Wildman–Crippen MR) is 60.0 cm³/mol. The topological polar surface area (TPSA) is 46.9 Å². The second-order valence-corrected chi connectivity index (χ2v) is 4.46. The van der Waals surface area contributed by atoms with Crippen molar-refractivity contribution in [2.75, 3.05) is 5.32 Å². The fourth-order valence-electron chi connectivity index (χ4n) is 1.55. The zero-order chi connectivity index (χ0) is 10.9. The Bertz CT molecular complexity index is 407. The molecule has 1 aromatic heterocycles. The molecule has 0 bridgehead atoms. The van der Waals surface area contributed by atoms with E-state index in [-0.39, 0.29) is 11.1 Å². The van der Waals surface area contributed by atoms with E-state index in [0.717, 1.165) is 25.8 Å². The van der Waals surface area contributed by atoms with Gasteiger partial charge in [0.2, 0.25) is 0 Å². The number of nitrogens with zero attached hydrogens (tertiary/aromatic N) is 2. The molecule has 0 radical (unpaired) electrons. The maximum Gasteiger partial charge on any atom is 0.293 e. The predicted octanol–water partition coefficient (Wildman–Crippen LogP) is 1.62. The molecule has 0 atom stereocenters. The van der Waals surface area contributed by atoms with Crippen molar-refractivity contribution in [1.29, 1.82) is 0 Å². The van der Waals surface area contributed by atoms with Crippen LogP contribution in [0, 0.1) is 0 Å². The summed E-state index contributed by atoms with van der Waals surface area (Å²) in [7, 11) is 0. The summed E-state index contributed by atoms with van der Waals surface area (Å²) in [5.41, 5.74) is 0.102. The number of hydrogen-bond donors (Lipinski definition) is 1. The van der Waals surface area contributed by atoms with E-state index in [2.05, 4.69) is 24.1 Å². The van der Waals surface area contributed by atoms with Gasteiger partial charge in [-0.2, -0.15) is 0 Å². The van der Waals surface area contributed by atoms with Crippen molar-refractivity contribution in [3.8, 4) is 0 Å². The van der Waals surface area contributed by atoms with Gasteiger partial charge in [0, 0.05) is 24.5 Å². The number of aryl methyl sites for hydroxylation is 1. The molecule has 0 unspecified atom stereocenters. The average Bonchev–Trinajstić information content (AvgIpc) is 2.91. The van der Waals surface area contributed by atoms with E-state index in [1.54, 1.807) is 17.0 Å². The molecule has 1 aliphatic carbocycles. The minimum Gasteiger partial charge on any atom is -0.360 e. The molecule has 4 heteroatoms. The Morgan fingerprint density at radius 1 is 1.60 bits per heavy atom. The maximum atomic E-state index is 11.9. The summed E-state index contributed by atoms with van der Waals surface area (Å²) >= 11 is 0. The highest BCUT2D eigenvalue weighted by Gasteiger charge is 2.38. The second-order valence-electron chi connectivity index (χ2n) is 4.46. The van der Waals surface area contributed by atoms with Gasteiger partial charge in [-0.3, -0.25) is 4.79 Å². The van der Waals surface area contributed by atoms with Crippen molar-refractivity contribution in [1.82, 2.24) is 9.55 Å². The third-order valence-corrected chi connectivity index (χ3v) is 2.80. The standard InChI is InChI=1S/C11H17N3O/c1-3-7-14-8-6-12-9(10(14)15)13-11(2)4-5-11/h6,8H,3-5,7H2,1-2H3,(H,12,13). The van der Waals surface area contributed by atoms with Crippen LogP contribution in [0.25, 0.3) is 0 Å². The van der Waals surface area contributed by atoms with E-state index in [1.807, 2.05) is 0 Å². The fraction of sp³-hybridized carbons (Fsp3) is 0.636. The van der Waals surface area contributed by atoms with Gasteiger partial charge >= 0.3 is 0 Å². The normalized spacial score (nSPS) is 17.5. The van der Waals surface area contributed by atoms with Crippen molar-refractivity contribution >= 4 is 5.82 Å². The van der Waals surface area contributed by atoms with Crippen LogP contribution >= 0.6 is 0 Å². The van der Waals surface area contributed by atoms with Crippen molar-refractivity contribution < 1.29 is 0 Å². The molecule has 1 heterocycles. The van der Waals surface area contributed by atoms with Gasteiger partial charge < -0.3 is 9.88 Å². The van der Waals surface area contributed by atoms with Crippen molar-refractivity contribution in [3.05, 3.63) is 22.7 Å². The summed E-state index contributed by atoms with van der Waals surface area (Å²) in [5, 5.41) is 3.21. The largest absolute Gasteiger partial charge is 0.360 e. The van der Waals surface area contributed by atoms with Crippen LogP contribution in [0.5, 0.6) is 0 Å². The number of rotatable bonds is 4. The van der Waals surface area contributed by atoms with Gasteiger partial charge in [-0.15, -0.1) is 0 Å². The molecule has 4 nitrogen and oxygen atoms in total. The molecule has 15 heavy (non-hydrogen) atoms. The summed E-state index contributed by atoms with van der Waals surface area (Å²) in [6.45, 7) is 4.93. The highest BCUT2D eigenvalue weighted by Crippen LogP contribution is 2.36. The highest BCUT2D eigenvalue weighted by molar-refractivity contribution is 5.37. The van der Waals surface area contributed by atoms with E-state index >= 15 is 0 Å². The molecule has 2 rings (SSSR count). The molecule has 1 aliphatic rings. The number of anilines is 1. The summed E-state index contributed by atoms with van der Waals surface area (Å²) in [4.78, 5) is 16.0. The molecule has 1 aromatic rings. The van der Waals surface area contributed by atoms with Crippen LogP contribution in [-0.2, 0) is 6.54 Å². The first-order valence-corrected chi connectivity index (χ1v) is 5.48. The van der Waals surface area contributed by atoms with Gasteiger partial charge in [-0.1, -0.05) is 6.92 Å². The van der Waals surface area contributed by atoms with E-state index in [1.165, 1.54) is 0 Å². The molecule has 0 spiro atoms. The van der Waals surface area contributed by atoms with Crippen LogP contribution in [0.1, 0.15) is 33.1 Å². The van der Waals surface area contributed by atoms with Gasteiger partial charge in [-0.25, -0.2) is 4.98 Å². The van der Waals surface area contributed by atoms with Crippen LogP contribution < -0.4 is 10.9 Å². The lowest BCUT2D eigenvalue weighted by Crippen LogP contribution is -2.28. The van der Waals surface area contributed by atoms with Crippen LogP contribution in [0.3, 0.4) is 0 Å².